The summed E-state index contributed by atoms with van der Waals surface area (Å²) >= 11 is 0. The molecule has 0 spiro atoms. The summed E-state index contributed by atoms with van der Waals surface area (Å²) in [5.74, 6) is 2.94. The van der Waals surface area contributed by atoms with Crippen LogP contribution in [0.15, 0.2) is 12.1 Å². The van der Waals surface area contributed by atoms with Gasteiger partial charge in [0.25, 0.3) is 0 Å². The van der Waals surface area contributed by atoms with Crippen LogP contribution in [0.1, 0.15) is 19.8 Å². The van der Waals surface area contributed by atoms with Crippen molar-refractivity contribution in [1.29, 1.82) is 0 Å². The van der Waals surface area contributed by atoms with E-state index in [0.29, 0.717) is 23.1 Å². The van der Waals surface area contributed by atoms with Gasteiger partial charge in [0.05, 0.1) is 25.6 Å². The molecule has 1 unspecified atom stereocenters. The summed E-state index contributed by atoms with van der Waals surface area (Å²) in [6.07, 6.45) is 2.73. The molecule has 1 saturated carbocycles. The number of nitrogen functional groups attached to an aromatic ring is 1. The topological polar surface area (TPSA) is 56.5 Å². The number of nitrogens with two attached hydrogens (primary N) is 1. The Hall–Kier alpha value is -1.58. The first-order valence-corrected chi connectivity index (χ1v) is 6.41. The van der Waals surface area contributed by atoms with Crippen molar-refractivity contribution in [3.8, 4) is 11.5 Å². The summed E-state index contributed by atoms with van der Waals surface area (Å²) in [6.45, 7) is 3.23. The van der Waals surface area contributed by atoms with Crippen molar-refractivity contribution >= 4 is 11.4 Å². The van der Waals surface area contributed by atoms with Crippen molar-refractivity contribution in [1.82, 2.24) is 0 Å². The molecule has 0 amide bonds. The largest absolute Gasteiger partial charge is 0.493 e. The number of hydrogen-bond acceptors (Lipinski definition) is 4. The van der Waals surface area contributed by atoms with Crippen molar-refractivity contribution in [2.24, 2.45) is 11.8 Å². The molecule has 1 atom stereocenters. The predicted octanol–water partition coefficient (Wildman–Crippen LogP) is 2.74. The third kappa shape index (κ3) is 2.81. The molecule has 0 heterocycles. The molecule has 100 valence electrons. The molecule has 3 N–H and O–H groups in total. The number of anilines is 2. The molecule has 18 heavy (non-hydrogen) atoms. The quantitative estimate of drug-likeness (QED) is 0.762. The third-order valence-electron chi connectivity index (χ3n) is 3.60. The fourth-order valence-corrected chi connectivity index (χ4v) is 2.15. The molecule has 1 aromatic rings. The summed E-state index contributed by atoms with van der Waals surface area (Å²) in [5, 5.41) is 3.40. The second kappa shape index (κ2) is 5.38. The van der Waals surface area contributed by atoms with E-state index in [9.17, 15) is 0 Å². The Labute approximate surface area is 108 Å². The molecule has 0 aromatic heterocycles. The minimum atomic E-state index is 0.663. The van der Waals surface area contributed by atoms with Crippen LogP contribution in [0.3, 0.4) is 0 Å². The highest BCUT2D eigenvalue weighted by atomic mass is 16.5. The Morgan fingerprint density at radius 2 is 1.89 bits per heavy atom. The Kier molecular flexibility index (Phi) is 3.84. The first kappa shape index (κ1) is 12.9. The molecule has 1 fully saturated rings. The summed E-state index contributed by atoms with van der Waals surface area (Å²) in [5.41, 5.74) is 7.61. The van der Waals surface area contributed by atoms with Gasteiger partial charge in [0, 0.05) is 18.7 Å². The molecule has 1 aliphatic rings. The average molecular weight is 250 g/mol. The smallest absolute Gasteiger partial charge is 0.162 e. The van der Waals surface area contributed by atoms with Crippen LogP contribution in [0.4, 0.5) is 11.4 Å². The lowest BCUT2D eigenvalue weighted by Crippen LogP contribution is -2.14. The molecule has 4 nitrogen and oxygen atoms in total. The first-order chi connectivity index (χ1) is 8.65. The van der Waals surface area contributed by atoms with Crippen LogP contribution in [-0.2, 0) is 0 Å². The number of methoxy groups -OCH3 is 2. The molecule has 0 aliphatic heterocycles. The second-order valence-electron chi connectivity index (χ2n) is 4.99. The van der Waals surface area contributed by atoms with Crippen molar-refractivity contribution in [2.45, 2.75) is 19.8 Å². The first-order valence-electron chi connectivity index (χ1n) is 6.41. The number of rotatable bonds is 6. The number of hydrogen-bond donors (Lipinski definition) is 2. The van der Waals surface area contributed by atoms with Crippen LogP contribution < -0.4 is 20.5 Å². The van der Waals surface area contributed by atoms with Crippen LogP contribution in [0.25, 0.3) is 0 Å². The van der Waals surface area contributed by atoms with E-state index in [2.05, 4.69) is 12.2 Å². The van der Waals surface area contributed by atoms with Gasteiger partial charge in [0.2, 0.25) is 0 Å². The van der Waals surface area contributed by atoms with Gasteiger partial charge in [-0.1, -0.05) is 6.92 Å². The minimum Gasteiger partial charge on any atom is -0.493 e. The molecule has 1 aliphatic carbocycles. The van der Waals surface area contributed by atoms with Crippen molar-refractivity contribution < 1.29 is 9.47 Å². The number of ether oxygens (including phenoxy) is 2. The molecular weight excluding hydrogens is 228 g/mol. The third-order valence-corrected chi connectivity index (χ3v) is 3.60. The number of benzene rings is 1. The normalized spacial score (nSPS) is 16.2. The Morgan fingerprint density at radius 3 is 2.44 bits per heavy atom. The summed E-state index contributed by atoms with van der Waals surface area (Å²) in [7, 11) is 3.24. The maximum absolute atomic E-state index is 6.00. The Balaban J connectivity index is 2.06. The minimum absolute atomic E-state index is 0.663. The van der Waals surface area contributed by atoms with Gasteiger partial charge in [-0.2, -0.15) is 0 Å². The van der Waals surface area contributed by atoms with E-state index in [4.69, 9.17) is 15.2 Å². The zero-order valence-electron chi connectivity index (χ0n) is 11.3. The van der Waals surface area contributed by atoms with Crippen LogP contribution in [0.2, 0.25) is 0 Å². The summed E-state index contributed by atoms with van der Waals surface area (Å²) in [6, 6.07) is 3.69. The van der Waals surface area contributed by atoms with Gasteiger partial charge >= 0.3 is 0 Å². The van der Waals surface area contributed by atoms with Crippen LogP contribution >= 0.6 is 0 Å². The number of nitrogens with one attached hydrogen (secondary N) is 1. The molecule has 2 rings (SSSR count). The zero-order chi connectivity index (χ0) is 13.1. The Bertz CT molecular complexity index is 417. The van der Waals surface area contributed by atoms with Crippen molar-refractivity contribution in [2.75, 3.05) is 31.8 Å². The lowest BCUT2D eigenvalue weighted by atomic mass is 10.1. The van der Waals surface area contributed by atoms with E-state index < -0.39 is 0 Å². The fraction of sp³-hybridized carbons (Fsp3) is 0.571. The monoisotopic (exact) mass is 250 g/mol. The highest BCUT2D eigenvalue weighted by Gasteiger charge is 2.27. The van der Waals surface area contributed by atoms with E-state index >= 15 is 0 Å². The summed E-state index contributed by atoms with van der Waals surface area (Å²) < 4.78 is 10.5. The maximum atomic E-state index is 6.00. The molecular formula is C14H22N2O2. The van der Waals surface area contributed by atoms with Gasteiger partial charge in [0.1, 0.15) is 0 Å². The highest BCUT2D eigenvalue weighted by Crippen LogP contribution is 2.38. The van der Waals surface area contributed by atoms with E-state index in [0.717, 1.165) is 18.2 Å². The van der Waals surface area contributed by atoms with Crippen LogP contribution in [0.5, 0.6) is 11.5 Å². The van der Waals surface area contributed by atoms with Gasteiger partial charge in [0.15, 0.2) is 11.5 Å². The molecule has 0 saturated heterocycles. The molecule has 0 bridgehead atoms. The lowest BCUT2D eigenvalue weighted by molar-refractivity contribution is 0.355. The molecule has 1 aromatic carbocycles. The average Bonchev–Trinajstić information content (AvgIpc) is 3.20. The standard InChI is InChI=1S/C14H22N2O2/c1-9(10-4-5-10)8-16-12-7-14(18-3)13(17-2)6-11(12)15/h6-7,9-10,16H,4-5,8,15H2,1-3H3. The predicted molar refractivity (Wildman–Crippen MR) is 74.3 cm³/mol. The molecule has 0 radical (unpaired) electrons. The van der Waals surface area contributed by atoms with E-state index in [1.165, 1.54) is 12.8 Å². The van der Waals surface area contributed by atoms with Crippen molar-refractivity contribution in [3.63, 3.8) is 0 Å². The van der Waals surface area contributed by atoms with E-state index in [1.54, 1.807) is 20.3 Å². The van der Waals surface area contributed by atoms with Gasteiger partial charge in [-0.25, -0.2) is 0 Å². The second-order valence-corrected chi connectivity index (χ2v) is 4.99. The Morgan fingerprint density at radius 1 is 1.28 bits per heavy atom. The van der Waals surface area contributed by atoms with Crippen molar-refractivity contribution in [3.05, 3.63) is 12.1 Å². The van der Waals surface area contributed by atoms with Gasteiger partial charge in [-0.3, -0.25) is 0 Å². The lowest BCUT2D eigenvalue weighted by Gasteiger charge is -2.16. The molecule has 4 heteroatoms. The zero-order valence-corrected chi connectivity index (χ0v) is 11.3. The van der Waals surface area contributed by atoms with E-state index in [-0.39, 0.29) is 0 Å². The van der Waals surface area contributed by atoms with Gasteiger partial charge in [-0.05, 0) is 24.7 Å². The van der Waals surface area contributed by atoms with E-state index in [1.807, 2.05) is 6.07 Å². The maximum Gasteiger partial charge on any atom is 0.162 e. The van der Waals surface area contributed by atoms with Gasteiger partial charge < -0.3 is 20.5 Å². The summed E-state index contributed by atoms with van der Waals surface area (Å²) in [4.78, 5) is 0. The highest BCUT2D eigenvalue weighted by molar-refractivity contribution is 5.72. The van der Waals surface area contributed by atoms with Crippen LogP contribution in [-0.4, -0.2) is 20.8 Å². The SMILES string of the molecule is COc1cc(N)c(NCC(C)C2CC2)cc1OC. The fourth-order valence-electron chi connectivity index (χ4n) is 2.15. The van der Waals surface area contributed by atoms with Crippen LogP contribution in [0, 0.1) is 11.8 Å². The van der Waals surface area contributed by atoms with Gasteiger partial charge in [-0.15, -0.1) is 0 Å².